The molecular weight excluding hydrogens is 607 g/mol. The molecule has 2 aromatic heterocycles. The first kappa shape index (κ1) is 29.7. The molecule has 0 bridgehead atoms. The van der Waals surface area contributed by atoms with Gasteiger partial charge in [0, 0.05) is 0 Å². The molecule has 7 rings (SSSR count). The number of imidazole rings is 1. The summed E-state index contributed by atoms with van der Waals surface area (Å²) in [6.07, 6.45) is -2.72. The fourth-order valence-electron chi connectivity index (χ4n) is 5.94. The molecule has 1 fully saturated rings. The number of nitrogens with zero attached hydrogens (tertiary/aromatic N) is 4. The van der Waals surface area contributed by atoms with Gasteiger partial charge in [-0.1, -0.05) is 121 Å². The lowest BCUT2D eigenvalue weighted by molar-refractivity contribution is -0.0957. The number of esters is 1. The number of carbonyl (C=O) groups is 1. The van der Waals surface area contributed by atoms with E-state index >= 15 is 4.39 Å². The maximum absolute atomic E-state index is 16.6. The number of ether oxygens (including phenoxy) is 3. The highest BCUT2D eigenvalue weighted by molar-refractivity contribution is 6.33. The SMILES string of the molecule is O=C(O[C@H]1[C@H](F)[C@H](n2cnc3c(Cl)ncnc32)O[C@H]1COC(c1ccccc1)(c1ccccc1)c1ccccc1)c1ccccc1. The average Bonchev–Trinajstić information content (AvgIpc) is 3.68. The third-order valence-electron chi connectivity index (χ3n) is 8.11. The predicted molar refractivity (Wildman–Crippen MR) is 170 cm³/mol. The molecule has 1 saturated heterocycles. The molecule has 0 spiro atoms. The molecule has 46 heavy (non-hydrogen) atoms. The van der Waals surface area contributed by atoms with Crippen LogP contribution >= 0.6 is 11.6 Å². The summed E-state index contributed by atoms with van der Waals surface area (Å²) in [5, 5.41) is 0.127. The van der Waals surface area contributed by atoms with Crippen molar-refractivity contribution in [3.8, 4) is 0 Å². The molecule has 0 unspecified atom stereocenters. The minimum Gasteiger partial charge on any atom is -0.453 e. The summed E-state index contributed by atoms with van der Waals surface area (Å²) >= 11 is 6.23. The summed E-state index contributed by atoms with van der Waals surface area (Å²) < 4.78 is 37.2. The topological polar surface area (TPSA) is 88.4 Å². The number of aromatic nitrogens is 4. The number of hydrogen-bond acceptors (Lipinski definition) is 7. The van der Waals surface area contributed by atoms with Gasteiger partial charge in [-0.2, -0.15) is 0 Å². The molecule has 0 saturated carbocycles. The van der Waals surface area contributed by atoms with Gasteiger partial charge in [-0.25, -0.2) is 24.1 Å². The molecule has 4 atom stereocenters. The standard InChI is InChI=1S/C36H28ClFN4O4/c37-32-30-33(40-22-39-32)42(23-41-30)34-29(38)31(46-35(43)24-13-5-1-6-14-24)28(45-34)21-44-36(25-15-7-2-8-16-25,26-17-9-3-10-18-26)27-19-11-4-12-20-27/h1-20,22-23,28-29,31,34H,21H2/t28-,29-,31+,34+/m0/s1. The molecule has 10 heteroatoms. The van der Waals surface area contributed by atoms with Crippen molar-refractivity contribution in [1.82, 2.24) is 19.5 Å². The van der Waals surface area contributed by atoms with Gasteiger partial charge >= 0.3 is 5.97 Å². The first-order valence-electron chi connectivity index (χ1n) is 14.8. The van der Waals surface area contributed by atoms with Crippen LogP contribution in [-0.2, 0) is 19.8 Å². The zero-order chi connectivity index (χ0) is 31.5. The molecule has 1 aliphatic heterocycles. The molecule has 1 aliphatic rings. The van der Waals surface area contributed by atoms with Crippen LogP contribution in [0.5, 0.6) is 0 Å². The van der Waals surface area contributed by atoms with E-state index in [0.717, 1.165) is 16.7 Å². The Bertz CT molecular complexity index is 1830. The van der Waals surface area contributed by atoms with Crippen LogP contribution in [0.2, 0.25) is 5.15 Å². The van der Waals surface area contributed by atoms with Gasteiger partial charge in [0.1, 0.15) is 23.5 Å². The first-order valence-corrected chi connectivity index (χ1v) is 15.1. The van der Waals surface area contributed by atoms with Crippen molar-refractivity contribution in [2.45, 2.75) is 30.2 Å². The Morgan fingerprint density at radius 3 is 1.91 bits per heavy atom. The van der Waals surface area contributed by atoms with Crippen LogP contribution < -0.4 is 0 Å². The fourth-order valence-corrected chi connectivity index (χ4v) is 6.12. The highest BCUT2D eigenvalue weighted by Crippen LogP contribution is 2.43. The Balaban J connectivity index is 1.29. The number of hydrogen-bond donors (Lipinski definition) is 0. The van der Waals surface area contributed by atoms with Gasteiger partial charge in [-0.15, -0.1) is 0 Å². The monoisotopic (exact) mass is 634 g/mol. The lowest BCUT2D eigenvalue weighted by Crippen LogP contribution is -2.41. The van der Waals surface area contributed by atoms with Crippen molar-refractivity contribution in [2.24, 2.45) is 0 Å². The van der Waals surface area contributed by atoms with Crippen molar-refractivity contribution < 1.29 is 23.4 Å². The summed E-state index contributed by atoms with van der Waals surface area (Å²) in [4.78, 5) is 25.8. The minimum absolute atomic E-state index is 0.127. The summed E-state index contributed by atoms with van der Waals surface area (Å²) in [5.41, 5.74) is 2.37. The first-order chi connectivity index (χ1) is 22.6. The third-order valence-corrected chi connectivity index (χ3v) is 8.39. The van der Waals surface area contributed by atoms with Crippen LogP contribution in [0.4, 0.5) is 4.39 Å². The van der Waals surface area contributed by atoms with Crippen LogP contribution in [0.15, 0.2) is 134 Å². The quantitative estimate of drug-likeness (QED) is 0.0966. The number of rotatable bonds is 9. The maximum atomic E-state index is 16.6. The highest BCUT2D eigenvalue weighted by atomic mass is 35.5. The van der Waals surface area contributed by atoms with E-state index in [1.54, 1.807) is 30.3 Å². The Labute approximate surface area is 269 Å². The lowest BCUT2D eigenvalue weighted by Gasteiger charge is -2.37. The summed E-state index contributed by atoms with van der Waals surface area (Å²) in [6.45, 7) is -0.134. The molecule has 3 heterocycles. The smallest absolute Gasteiger partial charge is 0.338 e. The van der Waals surface area contributed by atoms with Crippen molar-refractivity contribution in [1.29, 1.82) is 0 Å². The van der Waals surface area contributed by atoms with E-state index in [2.05, 4.69) is 15.0 Å². The molecule has 6 aromatic rings. The van der Waals surface area contributed by atoms with Crippen LogP contribution in [-0.4, -0.2) is 50.5 Å². The lowest BCUT2D eigenvalue weighted by atomic mass is 9.80. The Kier molecular flexibility index (Phi) is 8.28. The molecule has 0 aliphatic carbocycles. The van der Waals surface area contributed by atoms with Crippen molar-refractivity contribution in [3.63, 3.8) is 0 Å². The molecular formula is C36H28ClFN4O4. The third kappa shape index (κ3) is 5.43. The van der Waals surface area contributed by atoms with Crippen LogP contribution in [0.25, 0.3) is 11.2 Å². The van der Waals surface area contributed by atoms with Crippen LogP contribution in [0.1, 0.15) is 33.3 Å². The molecule has 230 valence electrons. The van der Waals surface area contributed by atoms with Gasteiger partial charge in [0.25, 0.3) is 0 Å². The maximum Gasteiger partial charge on any atom is 0.338 e. The summed E-state index contributed by atoms with van der Waals surface area (Å²) in [7, 11) is 0. The average molecular weight is 635 g/mol. The van der Waals surface area contributed by atoms with Crippen LogP contribution in [0, 0.1) is 0 Å². The van der Waals surface area contributed by atoms with Crippen LogP contribution in [0.3, 0.4) is 0 Å². The van der Waals surface area contributed by atoms with Gasteiger partial charge < -0.3 is 14.2 Å². The molecule has 8 nitrogen and oxygen atoms in total. The van der Waals surface area contributed by atoms with E-state index in [-0.39, 0.29) is 23.0 Å². The number of benzene rings is 4. The molecule has 0 amide bonds. The van der Waals surface area contributed by atoms with E-state index in [1.165, 1.54) is 17.2 Å². The normalized spacial score (nSPS) is 19.7. The highest BCUT2D eigenvalue weighted by Gasteiger charge is 2.51. The van der Waals surface area contributed by atoms with Gasteiger partial charge in [-0.05, 0) is 28.8 Å². The van der Waals surface area contributed by atoms with E-state index in [4.69, 9.17) is 25.8 Å². The van der Waals surface area contributed by atoms with E-state index < -0.39 is 36.2 Å². The molecule has 0 N–H and O–H groups in total. The van der Waals surface area contributed by atoms with E-state index in [1.807, 2.05) is 91.0 Å². The number of carbonyl (C=O) groups excluding carboxylic acids is 1. The van der Waals surface area contributed by atoms with Crippen molar-refractivity contribution >= 4 is 28.7 Å². The molecule has 4 aromatic carbocycles. The number of fused-ring (bicyclic) bond motifs is 1. The largest absolute Gasteiger partial charge is 0.453 e. The van der Waals surface area contributed by atoms with Gasteiger partial charge in [0.05, 0.1) is 18.5 Å². The molecule has 0 radical (unpaired) electrons. The second-order valence-electron chi connectivity index (χ2n) is 10.8. The van der Waals surface area contributed by atoms with E-state index in [0.29, 0.717) is 5.52 Å². The Hall–Kier alpha value is -4.96. The van der Waals surface area contributed by atoms with Gasteiger partial charge in [0.2, 0.25) is 0 Å². The zero-order valence-electron chi connectivity index (χ0n) is 24.4. The Morgan fingerprint density at radius 2 is 1.35 bits per heavy atom. The number of halogens is 2. The summed E-state index contributed by atoms with van der Waals surface area (Å²) in [6, 6.07) is 37.9. The van der Waals surface area contributed by atoms with Crippen molar-refractivity contribution in [3.05, 3.63) is 161 Å². The second-order valence-corrected chi connectivity index (χ2v) is 11.2. The van der Waals surface area contributed by atoms with Gasteiger partial charge in [-0.3, -0.25) is 4.57 Å². The zero-order valence-corrected chi connectivity index (χ0v) is 25.2. The Morgan fingerprint density at radius 1 is 0.804 bits per heavy atom. The number of alkyl halides is 1. The van der Waals surface area contributed by atoms with E-state index in [9.17, 15) is 4.79 Å². The minimum atomic E-state index is -1.80. The van der Waals surface area contributed by atoms with Crippen molar-refractivity contribution in [2.75, 3.05) is 6.61 Å². The summed E-state index contributed by atoms with van der Waals surface area (Å²) in [5.74, 6) is -0.677. The van der Waals surface area contributed by atoms with Gasteiger partial charge in [0.15, 0.2) is 29.3 Å². The predicted octanol–water partition coefficient (Wildman–Crippen LogP) is 6.95. The fraction of sp³-hybridized carbons (Fsp3) is 0.167. The second kappa shape index (κ2) is 12.8.